The highest BCUT2D eigenvalue weighted by Crippen LogP contribution is 2.18. The van der Waals surface area contributed by atoms with Crippen molar-refractivity contribution in [3.63, 3.8) is 0 Å². The van der Waals surface area contributed by atoms with Crippen LogP contribution in [0.25, 0.3) is 0 Å². The third-order valence-corrected chi connectivity index (χ3v) is 4.65. The number of halogens is 1. The van der Waals surface area contributed by atoms with Crippen LogP contribution in [0.1, 0.15) is 38.2 Å². The first kappa shape index (κ1) is 20.2. The molecule has 2 unspecified atom stereocenters. The van der Waals surface area contributed by atoms with Gasteiger partial charge in [0, 0.05) is 45.1 Å². The summed E-state index contributed by atoms with van der Waals surface area (Å²) in [6, 6.07) is 2.43. The van der Waals surface area contributed by atoms with Gasteiger partial charge in [0.1, 0.15) is 0 Å². The van der Waals surface area contributed by atoms with Gasteiger partial charge in [-0.05, 0) is 35.7 Å². The van der Waals surface area contributed by atoms with Gasteiger partial charge in [-0.2, -0.15) is 11.3 Å². The highest BCUT2D eigenvalue weighted by Gasteiger charge is 2.23. The number of hydrogen-bond acceptors (Lipinski definition) is 3. The molecule has 7 heteroatoms. The van der Waals surface area contributed by atoms with Gasteiger partial charge in [-0.15, -0.1) is 24.0 Å². The average Bonchev–Trinajstić information content (AvgIpc) is 3.03. The normalized spacial score (nSPS) is 20.0. The molecule has 1 aromatic rings. The number of amides is 1. The third kappa shape index (κ3) is 6.29. The second kappa shape index (κ2) is 10.1. The van der Waals surface area contributed by atoms with Gasteiger partial charge in [-0.25, -0.2) is 0 Å². The first-order chi connectivity index (χ1) is 10.6. The van der Waals surface area contributed by atoms with E-state index in [1.165, 1.54) is 5.56 Å². The Kier molecular flexibility index (Phi) is 8.90. The minimum absolute atomic E-state index is 0. The maximum Gasteiger partial charge on any atom is 0.222 e. The predicted octanol–water partition coefficient (Wildman–Crippen LogP) is 2.65. The standard InChI is InChI=1S/C16H26N4OS.HI/c1-4-17-16(18-9-12(2)13-7-8-22-11-13)19-14-5-6-15(21)20(3)10-14;/h7-8,11-12,14H,4-6,9-10H2,1-3H3,(H2,17,18,19);1H. The van der Waals surface area contributed by atoms with E-state index in [0.717, 1.165) is 32.0 Å². The lowest BCUT2D eigenvalue weighted by Gasteiger charge is -2.31. The predicted molar refractivity (Wildman–Crippen MR) is 108 cm³/mol. The molecule has 2 rings (SSSR count). The van der Waals surface area contributed by atoms with Crippen LogP contribution in [0.2, 0.25) is 0 Å². The van der Waals surface area contributed by atoms with Crippen molar-refractivity contribution < 1.29 is 4.79 Å². The molecular weight excluding hydrogens is 423 g/mol. The van der Waals surface area contributed by atoms with Crippen molar-refractivity contribution in [2.24, 2.45) is 4.99 Å². The van der Waals surface area contributed by atoms with Gasteiger partial charge in [0.2, 0.25) is 5.91 Å². The largest absolute Gasteiger partial charge is 0.357 e. The van der Waals surface area contributed by atoms with Crippen LogP contribution < -0.4 is 10.6 Å². The molecule has 1 aromatic heterocycles. The molecular formula is C16H27IN4OS. The molecule has 0 aliphatic carbocycles. The van der Waals surface area contributed by atoms with E-state index in [1.54, 1.807) is 16.2 Å². The Morgan fingerprint density at radius 1 is 1.57 bits per heavy atom. The average molecular weight is 450 g/mol. The van der Waals surface area contributed by atoms with Crippen LogP contribution in [-0.2, 0) is 4.79 Å². The van der Waals surface area contributed by atoms with E-state index in [4.69, 9.17) is 4.99 Å². The molecule has 1 aliphatic rings. The molecule has 0 radical (unpaired) electrons. The number of likely N-dealkylation sites (tertiary alicyclic amines) is 1. The van der Waals surface area contributed by atoms with Crippen LogP contribution in [0.4, 0.5) is 0 Å². The van der Waals surface area contributed by atoms with Crippen LogP contribution in [-0.4, -0.2) is 49.5 Å². The van der Waals surface area contributed by atoms with Crippen LogP contribution in [0, 0.1) is 0 Å². The molecule has 0 bridgehead atoms. The van der Waals surface area contributed by atoms with Crippen LogP contribution in [0.3, 0.4) is 0 Å². The number of piperidine rings is 1. The van der Waals surface area contributed by atoms with Crippen molar-refractivity contribution in [3.8, 4) is 0 Å². The minimum atomic E-state index is 0. The zero-order valence-electron chi connectivity index (χ0n) is 14.0. The number of thiophene rings is 1. The fraction of sp³-hybridized carbons (Fsp3) is 0.625. The Bertz CT molecular complexity index is 506. The molecule has 2 atom stereocenters. The van der Waals surface area contributed by atoms with E-state index in [2.05, 4.69) is 41.3 Å². The van der Waals surface area contributed by atoms with E-state index < -0.39 is 0 Å². The first-order valence-corrected chi connectivity index (χ1v) is 8.85. The summed E-state index contributed by atoms with van der Waals surface area (Å²) in [7, 11) is 1.86. The van der Waals surface area contributed by atoms with Crippen molar-refractivity contribution in [3.05, 3.63) is 22.4 Å². The molecule has 2 N–H and O–H groups in total. The summed E-state index contributed by atoms with van der Waals surface area (Å²) >= 11 is 1.72. The zero-order chi connectivity index (χ0) is 15.9. The lowest BCUT2D eigenvalue weighted by molar-refractivity contribution is -0.132. The topological polar surface area (TPSA) is 56.7 Å². The number of nitrogens with zero attached hydrogens (tertiary/aromatic N) is 2. The van der Waals surface area contributed by atoms with E-state index in [0.29, 0.717) is 12.3 Å². The smallest absolute Gasteiger partial charge is 0.222 e. The van der Waals surface area contributed by atoms with Crippen molar-refractivity contribution in [1.82, 2.24) is 15.5 Å². The molecule has 1 amide bonds. The van der Waals surface area contributed by atoms with Gasteiger partial charge in [0.05, 0.1) is 0 Å². The summed E-state index contributed by atoms with van der Waals surface area (Å²) in [5.41, 5.74) is 1.34. The lowest BCUT2D eigenvalue weighted by Crippen LogP contribution is -2.51. The monoisotopic (exact) mass is 450 g/mol. The maximum absolute atomic E-state index is 11.6. The Labute approximate surface area is 160 Å². The highest BCUT2D eigenvalue weighted by molar-refractivity contribution is 14.0. The molecule has 0 spiro atoms. The molecule has 5 nitrogen and oxygen atoms in total. The van der Waals surface area contributed by atoms with E-state index in [9.17, 15) is 4.79 Å². The highest BCUT2D eigenvalue weighted by atomic mass is 127. The lowest BCUT2D eigenvalue weighted by atomic mass is 10.1. The van der Waals surface area contributed by atoms with Crippen molar-refractivity contribution in [2.75, 3.05) is 26.7 Å². The summed E-state index contributed by atoms with van der Waals surface area (Å²) < 4.78 is 0. The van der Waals surface area contributed by atoms with Crippen molar-refractivity contribution in [2.45, 2.75) is 38.6 Å². The number of hydrogen-bond donors (Lipinski definition) is 2. The van der Waals surface area contributed by atoms with E-state index >= 15 is 0 Å². The molecule has 130 valence electrons. The Hall–Kier alpha value is -0.830. The Balaban J connectivity index is 0.00000264. The van der Waals surface area contributed by atoms with Crippen molar-refractivity contribution in [1.29, 1.82) is 0 Å². The fourth-order valence-corrected chi connectivity index (χ4v) is 3.31. The van der Waals surface area contributed by atoms with Gasteiger partial charge in [0.15, 0.2) is 5.96 Å². The summed E-state index contributed by atoms with van der Waals surface area (Å²) in [6.07, 6.45) is 1.48. The maximum atomic E-state index is 11.6. The number of carbonyl (C=O) groups is 1. The Morgan fingerprint density at radius 3 is 2.96 bits per heavy atom. The summed E-state index contributed by atoms with van der Waals surface area (Å²) in [6.45, 7) is 6.59. The van der Waals surface area contributed by atoms with Gasteiger partial charge >= 0.3 is 0 Å². The van der Waals surface area contributed by atoms with E-state index in [-0.39, 0.29) is 35.9 Å². The second-order valence-corrected chi connectivity index (χ2v) is 6.61. The Morgan fingerprint density at radius 2 is 2.35 bits per heavy atom. The SMILES string of the molecule is CCNC(=NCC(C)c1ccsc1)NC1CCC(=O)N(C)C1.I. The number of carbonyl (C=O) groups excluding carboxylic acids is 1. The van der Waals surface area contributed by atoms with Crippen molar-refractivity contribution >= 4 is 47.2 Å². The quantitative estimate of drug-likeness (QED) is 0.412. The summed E-state index contributed by atoms with van der Waals surface area (Å²) in [4.78, 5) is 18.0. The van der Waals surface area contributed by atoms with Crippen LogP contribution >= 0.6 is 35.3 Å². The number of guanidine groups is 1. The fourth-order valence-electron chi connectivity index (χ4n) is 2.53. The molecule has 0 saturated carbocycles. The third-order valence-electron chi connectivity index (χ3n) is 3.95. The van der Waals surface area contributed by atoms with Crippen LogP contribution in [0.5, 0.6) is 0 Å². The molecule has 1 fully saturated rings. The van der Waals surface area contributed by atoms with Gasteiger partial charge < -0.3 is 15.5 Å². The number of nitrogens with one attached hydrogen (secondary N) is 2. The van der Waals surface area contributed by atoms with Gasteiger partial charge in [-0.3, -0.25) is 9.79 Å². The number of aliphatic imine (C=N–C) groups is 1. The molecule has 1 aliphatic heterocycles. The molecule has 1 saturated heterocycles. The summed E-state index contributed by atoms with van der Waals surface area (Å²) in [5.74, 6) is 1.49. The van der Waals surface area contributed by atoms with Gasteiger partial charge in [-0.1, -0.05) is 6.92 Å². The zero-order valence-corrected chi connectivity index (χ0v) is 17.2. The second-order valence-electron chi connectivity index (χ2n) is 5.83. The number of rotatable bonds is 5. The van der Waals surface area contributed by atoms with E-state index in [1.807, 2.05) is 7.05 Å². The molecule has 23 heavy (non-hydrogen) atoms. The molecule has 0 aromatic carbocycles. The number of likely N-dealkylation sites (N-methyl/N-ethyl adjacent to an activating group) is 1. The minimum Gasteiger partial charge on any atom is -0.357 e. The summed E-state index contributed by atoms with van der Waals surface area (Å²) in [5, 5.41) is 11.0. The van der Waals surface area contributed by atoms with Crippen LogP contribution in [0.15, 0.2) is 21.8 Å². The molecule has 2 heterocycles. The first-order valence-electron chi connectivity index (χ1n) is 7.91. The van der Waals surface area contributed by atoms with Gasteiger partial charge in [0.25, 0.3) is 0 Å².